The molecule has 224 valence electrons. The number of urea groups is 1. The van der Waals surface area contributed by atoms with E-state index in [0.717, 1.165) is 0 Å². The highest BCUT2D eigenvalue weighted by atomic mass is 35.5. The maximum Gasteiger partial charge on any atom is 0.321 e. The lowest BCUT2D eigenvalue weighted by Gasteiger charge is -2.38. The van der Waals surface area contributed by atoms with E-state index in [1.54, 1.807) is 14.0 Å². The molecule has 13 heteroatoms. The fourth-order valence-corrected chi connectivity index (χ4v) is 5.61. The van der Waals surface area contributed by atoms with E-state index in [2.05, 4.69) is 10.0 Å². The van der Waals surface area contributed by atoms with Crippen LogP contribution in [0.2, 0.25) is 5.02 Å². The van der Waals surface area contributed by atoms with Crippen LogP contribution in [-0.4, -0.2) is 74.2 Å². The molecular weight excluding hydrogens is 587 g/mol. The van der Waals surface area contributed by atoms with Crippen molar-refractivity contribution in [2.45, 2.75) is 30.9 Å². The summed E-state index contributed by atoms with van der Waals surface area (Å²) in [6, 6.07) is 14.4. The van der Waals surface area contributed by atoms with Crippen LogP contribution in [0.4, 0.5) is 20.6 Å². The van der Waals surface area contributed by atoms with Gasteiger partial charge in [0.05, 0.1) is 29.7 Å². The molecule has 0 fully saturated rings. The van der Waals surface area contributed by atoms with Crippen molar-refractivity contribution in [2.24, 2.45) is 5.92 Å². The van der Waals surface area contributed by atoms with E-state index >= 15 is 0 Å². The molecule has 4 rings (SSSR count). The number of amides is 3. The van der Waals surface area contributed by atoms with E-state index in [4.69, 9.17) is 16.3 Å². The van der Waals surface area contributed by atoms with Gasteiger partial charge in [-0.2, -0.15) is 0 Å². The Morgan fingerprint density at radius 1 is 1.14 bits per heavy atom. The van der Waals surface area contributed by atoms with Gasteiger partial charge in [0.2, 0.25) is 0 Å². The molecule has 3 aromatic rings. The first-order chi connectivity index (χ1) is 19.9. The molecule has 42 heavy (non-hydrogen) atoms. The molecule has 0 spiro atoms. The van der Waals surface area contributed by atoms with Crippen LogP contribution < -0.4 is 14.8 Å². The Balaban J connectivity index is 1.61. The Morgan fingerprint density at radius 3 is 2.43 bits per heavy atom. The number of carbonyl (C=O) groups is 2. The summed E-state index contributed by atoms with van der Waals surface area (Å²) in [6.45, 7) is 3.63. The summed E-state index contributed by atoms with van der Waals surface area (Å²) in [7, 11) is -2.40. The highest BCUT2D eigenvalue weighted by Crippen LogP contribution is 2.31. The number of sulfonamides is 1. The zero-order valence-electron chi connectivity index (χ0n) is 23.3. The number of hydrogen-bond donors (Lipinski definition) is 3. The maximum atomic E-state index is 13.7. The Bertz CT molecular complexity index is 1540. The molecular formula is C29H32ClFN4O6S. The predicted molar refractivity (Wildman–Crippen MR) is 158 cm³/mol. The summed E-state index contributed by atoms with van der Waals surface area (Å²) in [5, 5.41) is 13.0. The molecule has 0 aromatic heterocycles. The van der Waals surface area contributed by atoms with Gasteiger partial charge in [0.25, 0.3) is 15.9 Å². The average molecular weight is 619 g/mol. The number of benzene rings is 3. The van der Waals surface area contributed by atoms with E-state index < -0.39 is 39.9 Å². The van der Waals surface area contributed by atoms with E-state index in [-0.39, 0.29) is 47.5 Å². The predicted octanol–water partition coefficient (Wildman–Crippen LogP) is 4.66. The summed E-state index contributed by atoms with van der Waals surface area (Å²) in [4.78, 5) is 29.4. The molecule has 3 atom stereocenters. The summed E-state index contributed by atoms with van der Waals surface area (Å²) < 4.78 is 47.9. The molecule has 0 bridgehead atoms. The van der Waals surface area contributed by atoms with Gasteiger partial charge in [-0.3, -0.25) is 9.52 Å². The van der Waals surface area contributed by atoms with Gasteiger partial charge in [-0.05, 0) is 73.7 Å². The van der Waals surface area contributed by atoms with E-state index in [9.17, 15) is 27.5 Å². The van der Waals surface area contributed by atoms with Crippen molar-refractivity contribution in [3.8, 4) is 5.75 Å². The smallest absolute Gasteiger partial charge is 0.321 e. The molecule has 1 aliphatic heterocycles. The van der Waals surface area contributed by atoms with Crippen molar-refractivity contribution in [2.75, 3.05) is 36.8 Å². The van der Waals surface area contributed by atoms with Crippen molar-refractivity contribution in [3.05, 3.63) is 83.1 Å². The van der Waals surface area contributed by atoms with E-state index in [1.807, 2.05) is 6.92 Å². The van der Waals surface area contributed by atoms with Gasteiger partial charge in [0.1, 0.15) is 17.7 Å². The second kappa shape index (κ2) is 13.0. The molecule has 3 amide bonds. The summed E-state index contributed by atoms with van der Waals surface area (Å²) in [5.41, 5.74) is 0.660. The van der Waals surface area contributed by atoms with Gasteiger partial charge in [-0.25, -0.2) is 17.6 Å². The fourth-order valence-electron chi connectivity index (χ4n) is 4.44. The van der Waals surface area contributed by atoms with E-state index in [1.165, 1.54) is 76.5 Å². The zero-order chi connectivity index (χ0) is 30.6. The van der Waals surface area contributed by atoms with Crippen molar-refractivity contribution in [1.82, 2.24) is 9.80 Å². The molecule has 0 saturated heterocycles. The highest BCUT2D eigenvalue weighted by Gasteiger charge is 2.34. The molecule has 3 N–H and O–H groups in total. The van der Waals surface area contributed by atoms with Crippen LogP contribution in [0.3, 0.4) is 0 Å². The number of rotatable bonds is 8. The molecule has 3 aromatic carbocycles. The molecule has 0 unspecified atom stereocenters. The van der Waals surface area contributed by atoms with E-state index in [0.29, 0.717) is 10.7 Å². The third-order valence-electron chi connectivity index (χ3n) is 6.94. The Morgan fingerprint density at radius 2 is 1.79 bits per heavy atom. The van der Waals surface area contributed by atoms with Crippen LogP contribution in [0.5, 0.6) is 5.75 Å². The number of carbonyl (C=O) groups excluding carboxylic acids is 2. The van der Waals surface area contributed by atoms with Crippen LogP contribution >= 0.6 is 11.6 Å². The third-order valence-corrected chi connectivity index (χ3v) is 8.59. The maximum absolute atomic E-state index is 13.7. The summed E-state index contributed by atoms with van der Waals surface area (Å²) in [6.07, 6.45) is -0.578. The normalized spacial score (nSPS) is 17.8. The van der Waals surface area contributed by atoms with Crippen LogP contribution in [0.15, 0.2) is 71.6 Å². The second-order valence-electron chi connectivity index (χ2n) is 10.2. The lowest BCUT2D eigenvalue weighted by atomic mass is 9.99. The molecule has 10 nitrogen and oxygen atoms in total. The third kappa shape index (κ3) is 7.30. The van der Waals surface area contributed by atoms with Crippen molar-refractivity contribution in [1.29, 1.82) is 0 Å². The number of likely N-dealkylation sites (N-methyl/N-ethyl adjacent to an activating group) is 1. The average Bonchev–Trinajstić information content (AvgIpc) is 2.96. The highest BCUT2D eigenvalue weighted by molar-refractivity contribution is 7.92. The monoisotopic (exact) mass is 618 g/mol. The minimum atomic E-state index is -3.98. The van der Waals surface area contributed by atoms with Gasteiger partial charge < -0.3 is 25.0 Å². The van der Waals surface area contributed by atoms with Crippen LogP contribution in [0.1, 0.15) is 24.2 Å². The minimum absolute atomic E-state index is 0.00686. The number of ether oxygens (including phenoxy) is 1. The first-order valence-corrected chi connectivity index (χ1v) is 15.0. The number of aliphatic hydroxyl groups is 1. The standard InChI is InChI=1S/C29H32ClFN4O6S/c1-18-15-35(19(2)17-36)28(37)25-14-23(33-42(39,40)24-11-4-20(30)5-12-24)10-13-26(25)41-27(18)16-34(3)29(38)32-22-8-6-21(31)7-9-22/h4-14,18-19,27,33,36H,15-17H2,1-3H3,(H,32,38)/t18-,19-,27-/m1/s1. The largest absolute Gasteiger partial charge is 0.487 e. The van der Waals surface area contributed by atoms with Gasteiger partial charge in [-0.15, -0.1) is 0 Å². The second-order valence-corrected chi connectivity index (χ2v) is 12.3. The summed E-state index contributed by atoms with van der Waals surface area (Å²) >= 11 is 5.88. The number of nitrogens with zero attached hydrogens (tertiary/aromatic N) is 2. The molecule has 1 heterocycles. The van der Waals surface area contributed by atoms with Crippen molar-refractivity contribution in [3.63, 3.8) is 0 Å². The molecule has 0 saturated carbocycles. The minimum Gasteiger partial charge on any atom is -0.487 e. The Hall–Kier alpha value is -3.87. The quantitative estimate of drug-likeness (QED) is 0.337. The first kappa shape index (κ1) is 31.1. The number of aliphatic hydroxyl groups excluding tert-OH is 1. The number of halogens is 2. The van der Waals surface area contributed by atoms with Gasteiger partial charge in [0, 0.05) is 35.9 Å². The topological polar surface area (TPSA) is 128 Å². The SMILES string of the molecule is C[C@@H]1CN([C@H](C)CO)C(=O)c2cc(NS(=O)(=O)c3ccc(Cl)cc3)ccc2O[C@@H]1CN(C)C(=O)Nc1ccc(F)cc1. The zero-order valence-corrected chi connectivity index (χ0v) is 24.8. The molecule has 1 aliphatic rings. The van der Waals surface area contributed by atoms with Crippen molar-refractivity contribution >= 4 is 44.9 Å². The first-order valence-electron chi connectivity index (χ1n) is 13.2. The summed E-state index contributed by atoms with van der Waals surface area (Å²) in [5.74, 6) is -0.922. The lowest BCUT2D eigenvalue weighted by Crippen LogP contribution is -2.50. The Labute approximate surface area is 249 Å². The van der Waals surface area contributed by atoms with Gasteiger partial charge in [-0.1, -0.05) is 18.5 Å². The van der Waals surface area contributed by atoms with Crippen molar-refractivity contribution < 1.29 is 32.2 Å². The lowest BCUT2D eigenvalue weighted by molar-refractivity contribution is 0.0371. The number of nitrogens with one attached hydrogen (secondary N) is 2. The number of hydrogen-bond acceptors (Lipinski definition) is 6. The Kier molecular flexibility index (Phi) is 9.60. The van der Waals surface area contributed by atoms with Crippen LogP contribution in [0, 0.1) is 11.7 Å². The molecule has 0 radical (unpaired) electrons. The van der Waals surface area contributed by atoms with Crippen LogP contribution in [-0.2, 0) is 10.0 Å². The van der Waals surface area contributed by atoms with Crippen LogP contribution in [0.25, 0.3) is 0 Å². The number of anilines is 2. The molecule has 0 aliphatic carbocycles. The van der Waals surface area contributed by atoms with Gasteiger partial charge in [0.15, 0.2) is 0 Å². The van der Waals surface area contributed by atoms with Gasteiger partial charge >= 0.3 is 6.03 Å². The number of fused-ring (bicyclic) bond motifs is 1. The fraction of sp³-hybridized carbons (Fsp3) is 0.310.